The van der Waals surface area contributed by atoms with Gasteiger partial charge in [0.15, 0.2) is 28.7 Å². The fraction of sp³-hybridized carbons (Fsp3) is 0.281. The number of aromatic hydroxyl groups is 3. The molecule has 3 aromatic carbocycles. The summed E-state index contributed by atoms with van der Waals surface area (Å²) in [6, 6.07) is 8.18. The molecule has 4 atom stereocenters. The van der Waals surface area contributed by atoms with Crippen LogP contribution in [-0.2, 0) is 9.53 Å². The highest BCUT2D eigenvalue weighted by Gasteiger charge is 2.54. The predicted molar refractivity (Wildman–Crippen MR) is 158 cm³/mol. The number of halogens is 2. The number of aliphatic hydroxyl groups excluding tert-OH is 1. The summed E-state index contributed by atoms with van der Waals surface area (Å²) in [6.45, 7) is 4.08. The fourth-order valence-electron chi connectivity index (χ4n) is 4.75. The fourth-order valence-corrected chi connectivity index (χ4v) is 4.75. The van der Waals surface area contributed by atoms with Crippen LogP contribution in [0.15, 0.2) is 59.7 Å². The largest absolute Gasteiger partial charge is 0.507 e. The lowest BCUT2D eigenvalue weighted by Gasteiger charge is -2.26. The molecular formula is C32H31F2NO11. The molecule has 6 N–H and O–H groups in total. The van der Waals surface area contributed by atoms with Gasteiger partial charge in [0.05, 0.1) is 0 Å². The van der Waals surface area contributed by atoms with Crippen LogP contribution in [0, 0.1) is 11.6 Å². The van der Waals surface area contributed by atoms with Gasteiger partial charge in [-0.2, -0.15) is 0 Å². The maximum absolute atomic E-state index is 13.8. The molecule has 0 bridgehead atoms. The maximum Gasteiger partial charge on any atom is 0.251 e. The van der Waals surface area contributed by atoms with Gasteiger partial charge in [0.25, 0.3) is 5.91 Å². The van der Waals surface area contributed by atoms with E-state index in [0.29, 0.717) is 11.6 Å². The number of carbonyl (C=O) groups excluding carboxylic acids is 1. The van der Waals surface area contributed by atoms with Crippen molar-refractivity contribution in [2.45, 2.75) is 44.9 Å². The van der Waals surface area contributed by atoms with E-state index in [2.05, 4.69) is 5.32 Å². The quantitative estimate of drug-likeness (QED) is 0.113. The summed E-state index contributed by atoms with van der Waals surface area (Å²) in [5.74, 6) is -3.54. The van der Waals surface area contributed by atoms with Crippen molar-refractivity contribution in [2.75, 3.05) is 18.7 Å². The molecule has 0 spiro atoms. The normalized spacial score (nSPS) is 22.5. The summed E-state index contributed by atoms with van der Waals surface area (Å²) in [5.41, 5.74) is -1.41. The molecule has 1 amide bonds. The van der Waals surface area contributed by atoms with Gasteiger partial charge in [0, 0.05) is 29.3 Å². The minimum atomic E-state index is -1.89. The van der Waals surface area contributed by atoms with Crippen molar-refractivity contribution < 1.29 is 62.8 Å². The zero-order chi connectivity index (χ0) is 33.3. The lowest BCUT2D eigenvalue weighted by molar-refractivity contribution is -0.150. The Morgan fingerprint density at radius 1 is 1.09 bits per heavy atom. The van der Waals surface area contributed by atoms with E-state index in [-0.39, 0.29) is 59.0 Å². The van der Waals surface area contributed by atoms with E-state index in [1.165, 1.54) is 50.3 Å². The molecule has 12 nitrogen and oxygen atoms in total. The number of ether oxygens (including phenoxy) is 5. The minimum Gasteiger partial charge on any atom is -0.507 e. The second kappa shape index (κ2) is 12.7. The number of hydrogen-bond donors (Lipinski definition) is 6. The van der Waals surface area contributed by atoms with Gasteiger partial charge < -0.3 is 54.5 Å². The third-order valence-electron chi connectivity index (χ3n) is 7.45. The standard InChI is InChI=1S/C32H31F2NO11/c1-15(8-9-42-23-7-5-18(33)11-20(23)34)27-29(39)32(3,41)31(46-27)45-19-6-4-17(21(36)12-19)10-16(2)30(40)35-25-22(37)13-24-28(26(25)38)44-14-43-24/h4-8,10-13,27,29,31,36-39,41H,9,14H2,1-3H3,(H,35,40)/b15-8+,16-10+/t27-,29-,31-,32+/m1/s1. The lowest BCUT2D eigenvalue weighted by Crippen LogP contribution is -2.47. The van der Waals surface area contributed by atoms with E-state index in [4.69, 9.17) is 23.7 Å². The first-order valence-electron chi connectivity index (χ1n) is 13.9. The second-order valence-corrected chi connectivity index (χ2v) is 10.9. The lowest BCUT2D eigenvalue weighted by atomic mass is 9.94. The van der Waals surface area contributed by atoms with Crippen LogP contribution in [0.5, 0.6) is 40.2 Å². The van der Waals surface area contributed by atoms with Crippen molar-refractivity contribution in [2.24, 2.45) is 0 Å². The molecule has 2 aliphatic heterocycles. The van der Waals surface area contributed by atoms with E-state index in [9.17, 15) is 39.1 Å². The van der Waals surface area contributed by atoms with Crippen LogP contribution in [-0.4, -0.2) is 68.9 Å². The van der Waals surface area contributed by atoms with Crippen LogP contribution in [0.1, 0.15) is 26.3 Å². The van der Waals surface area contributed by atoms with Gasteiger partial charge in [-0.05, 0) is 62.8 Å². The Kier molecular flexibility index (Phi) is 8.96. The van der Waals surface area contributed by atoms with Gasteiger partial charge in [-0.3, -0.25) is 4.79 Å². The third kappa shape index (κ3) is 6.49. The number of anilines is 1. The number of benzene rings is 3. The number of phenols is 3. The first kappa shape index (κ1) is 32.3. The summed E-state index contributed by atoms with van der Waals surface area (Å²) < 4.78 is 54.1. The smallest absolute Gasteiger partial charge is 0.251 e. The number of amides is 1. The molecule has 0 radical (unpaired) electrons. The van der Waals surface area contributed by atoms with Crippen molar-refractivity contribution >= 4 is 17.7 Å². The summed E-state index contributed by atoms with van der Waals surface area (Å²) in [7, 11) is 0. The van der Waals surface area contributed by atoms with Crippen molar-refractivity contribution in [3.8, 4) is 40.2 Å². The van der Waals surface area contributed by atoms with Crippen LogP contribution in [0.4, 0.5) is 14.5 Å². The molecule has 5 rings (SSSR count). The van der Waals surface area contributed by atoms with E-state index in [1.54, 1.807) is 6.92 Å². The molecule has 0 aromatic heterocycles. The maximum atomic E-state index is 13.8. The Morgan fingerprint density at radius 2 is 1.85 bits per heavy atom. The molecule has 1 saturated heterocycles. The molecule has 1 fully saturated rings. The Hall–Kier alpha value is -5.05. The van der Waals surface area contributed by atoms with Gasteiger partial charge >= 0.3 is 0 Å². The van der Waals surface area contributed by atoms with Crippen LogP contribution in [0.25, 0.3) is 6.08 Å². The SMILES string of the molecule is C/C(=C\c1ccc(O[C@@H]2O[C@H](/C(C)=C/COc3ccc(F)cc3F)[C@@H](O)[C@]2(C)O)cc1O)C(=O)Nc1c(O)cc2c(c1O)OCO2. The first-order chi connectivity index (χ1) is 21.8. The topological polar surface area (TPSA) is 176 Å². The van der Waals surface area contributed by atoms with Crippen LogP contribution in [0.2, 0.25) is 0 Å². The number of nitrogens with one attached hydrogen (secondary N) is 1. The molecule has 0 saturated carbocycles. The van der Waals surface area contributed by atoms with Crippen molar-refractivity contribution in [3.63, 3.8) is 0 Å². The van der Waals surface area contributed by atoms with Gasteiger partial charge in [-0.1, -0.05) is 0 Å². The highest BCUT2D eigenvalue weighted by molar-refractivity contribution is 6.08. The van der Waals surface area contributed by atoms with E-state index < -0.39 is 53.1 Å². The Labute approximate surface area is 261 Å². The molecule has 2 heterocycles. The van der Waals surface area contributed by atoms with Gasteiger partial charge in [-0.15, -0.1) is 0 Å². The van der Waals surface area contributed by atoms with Crippen molar-refractivity contribution in [3.05, 3.63) is 76.9 Å². The number of carbonyl (C=O) groups is 1. The summed E-state index contributed by atoms with van der Waals surface area (Å²) in [4.78, 5) is 12.8. The minimum absolute atomic E-state index is 0.0224. The van der Waals surface area contributed by atoms with E-state index in [0.717, 1.165) is 12.1 Å². The van der Waals surface area contributed by atoms with Gasteiger partial charge in [0.2, 0.25) is 18.8 Å². The second-order valence-electron chi connectivity index (χ2n) is 10.9. The molecule has 0 aliphatic carbocycles. The predicted octanol–water partition coefficient (Wildman–Crippen LogP) is 4.09. The third-order valence-corrected chi connectivity index (χ3v) is 7.45. The summed E-state index contributed by atoms with van der Waals surface area (Å²) in [5, 5.41) is 55.4. The zero-order valence-corrected chi connectivity index (χ0v) is 24.8. The highest BCUT2D eigenvalue weighted by Crippen LogP contribution is 2.50. The van der Waals surface area contributed by atoms with Crippen molar-refractivity contribution in [1.29, 1.82) is 0 Å². The zero-order valence-electron chi connectivity index (χ0n) is 24.8. The number of phenolic OH excluding ortho intramolecular Hbond substituents is 3. The summed E-state index contributed by atoms with van der Waals surface area (Å²) >= 11 is 0. The Morgan fingerprint density at radius 3 is 2.57 bits per heavy atom. The highest BCUT2D eigenvalue weighted by atomic mass is 19.1. The molecule has 14 heteroatoms. The van der Waals surface area contributed by atoms with Crippen molar-refractivity contribution in [1.82, 2.24) is 0 Å². The average molecular weight is 644 g/mol. The number of fused-ring (bicyclic) bond motifs is 1. The van der Waals surface area contributed by atoms with E-state index in [1.807, 2.05) is 0 Å². The van der Waals surface area contributed by atoms with Crippen LogP contribution >= 0.6 is 0 Å². The Bertz CT molecular complexity index is 1720. The van der Waals surface area contributed by atoms with Crippen LogP contribution < -0.4 is 24.3 Å². The average Bonchev–Trinajstić information content (AvgIpc) is 3.55. The monoisotopic (exact) mass is 643 g/mol. The summed E-state index contributed by atoms with van der Waals surface area (Å²) in [6.07, 6.45) is -0.970. The van der Waals surface area contributed by atoms with Crippen LogP contribution in [0.3, 0.4) is 0 Å². The van der Waals surface area contributed by atoms with Gasteiger partial charge in [0.1, 0.15) is 47.6 Å². The van der Waals surface area contributed by atoms with Gasteiger partial charge in [-0.25, -0.2) is 8.78 Å². The Balaban J connectivity index is 1.23. The molecule has 0 unspecified atom stereocenters. The number of aliphatic hydroxyl groups is 2. The molecule has 2 aliphatic rings. The van der Waals surface area contributed by atoms with E-state index >= 15 is 0 Å². The number of hydrogen-bond acceptors (Lipinski definition) is 11. The molecule has 3 aromatic rings. The molecular weight excluding hydrogens is 612 g/mol. The number of rotatable bonds is 9. The molecule has 46 heavy (non-hydrogen) atoms. The first-order valence-corrected chi connectivity index (χ1v) is 13.9. The molecule has 244 valence electrons.